The highest BCUT2D eigenvalue weighted by Gasteiger charge is 2.64. The standard InChI is InChI=1S/C20H34O7/c1-18(2)13-9-16(24)20(26,10-21)14(19(13,3)6-4-15(18)23)8-12(22)11-5-7-27-17(11)25/h11-16,21-24,26H,4-10H2,1-3H3/t11-,12-,13+,14+,15-,16+,19-,20+/m0/s1. The summed E-state index contributed by atoms with van der Waals surface area (Å²) in [6, 6.07) is 0. The van der Waals surface area contributed by atoms with Gasteiger partial charge in [0.15, 0.2) is 0 Å². The van der Waals surface area contributed by atoms with E-state index in [1.54, 1.807) is 0 Å². The molecule has 2 aliphatic carbocycles. The Morgan fingerprint density at radius 1 is 1.19 bits per heavy atom. The first-order valence-electron chi connectivity index (χ1n) is 10.0. The number of cyclic esters (lactones) is 1. The highest BCUT2D eigenvalue weighted by molar-refractivity contribution is 5.74. The summed E-state index contributed by atoms with van der Waals surface area (Å²) in [5.41, 5.74) is -2.73. The molecule has 1 saturated heterocycles. The topological polar surface area (TPSA) is 127 Å². The molecule has 1 aliphatic heterocycles. The first kappa shape index (κ1) is 21.0. The zero-order chi connectivity index (χ0) is 20.2. The molecule has 27 heavy (non-hydrogen) atoms. The fraction of sp³-hybridized carbons (Fsp3) is 0.950. The molecule has 2 saturated carbocycles. The van der Waals surface area contributed by atoms with Gasteiger partial charge in [0.1, 0.15) is 5.60 Å². The maximum atomic E-state index is 11.9. The Kier molecular flexibility index (Phi) is 5.41. The Bertz CT molecular complexity index is 579. The average Bonchev–Trinajstić information content (AvgIpc) is 3.04. The number of hydrogen-bond donors (Lipinski definition) is 5. The number of carbonyl (C=O) groups is 1. The molecule has 1 heterocycles. The van der Waals surface area contributed by atoms with E-state index in [2.05, 4.69) is 0 Å². The van der Waals surface area contributed by atoms with Gasteiger partial charge in [-0.05, 0) is 48.9 Å². The van der Waals surface area contributed by atoms with Crippen molar-refractivity contribution in [1.82, 2.24) is 0 Å². The molecule has 3 aliphatic rings. The van der Waals surface area contributed by atoms with Crippen LogP contribution in [-0.2, 0) is 9.53 Å². The fourth-order valence-electron chi connectivity index (χ4n) is 6.25. The minimum Gasteiger partial charge on any atom is -0.465 e. The third-order valence-electron chi connectivity index (χ3n) is 8.12. The van der Waals surface area contributed by atoms with Crippen LogP contribution in [0.15, 0.2) is 0 Å². The van der Waals surface area contributed by atoms with Gasteiger partial charge < -0.3 is 30.3 Å². The first-order chi connectivity index (χ1) is 12.5. The minimum absolute atomic E-state index is 0.0903. The Labute approximate surface area is 160 Å². The molecule has 0 spiro atoms. The molecule has 0 aromatic rings. The van der Waals surface area contributed by atoms with E-state index < -0.39 is 59.2 Å². The number of ether oxygens (including phenoxy) is 1. The van der Waals surface area contributed by atoms with E-state index in [9.17, 15) is 30.3 Å². The number of aliphatic hydroxyl groups excluding tert-OH is 4. The lowest BCUT2D eigenvalue weighted by Crippen LogP contribution is -2.68. The van der Waals surface area contributed by atoms with Crippen molar-refractivity contribution in [2.45, 2.75) is 76.8 Å². The van der Waals surface area contributed by atoms with Crippen molar-refractivity contribution in [3.8, 4) is 0 Å². The lowest BCUT2D eigenvalue weighted by Gasteiger charge is -2.64. The maximum Gasteiger partial charge on any atom is 0.311 e. The normalized spacial score (nSPS) is 48.0. The largest absolute Gasteiger partial charge is 0.465 e. The average molecular weight is 386 g/mol. The van der Waals surface area contributed by atoms with E-state index in [1.165, 1.54) is 0 Å². The second-order valence-corrected chi connectivity index (χ2v) is 9.75. The van der Waals surface area contributed by atoms with Gasteiger partial charge in [0.2, 0.25) is 0 Å². The third-order valence-corrected chi connectivity index (χ3v) is 8.12. The summed E-state index contributed by atoms with van der Waals surface area (Å²) < 4.78 is 4.96. The maximum absolute atomic E-state index is 11.9. The van der Waals surface area contributed by atoms with E-state index in [1.807, 2.05) is 20.8 Å². The highest BCUT2D eigenvalue weighted by atomic mass is 16.5. The molecule has 3 fully saturated rings. The number of rotatable bonds is 4. The third kappa shape index (κ3) is 3.12. The molecule has 0 aromatic heterocycles. The number of aliphatic hydroxyl groups is 5. The van der Waals surface area contributed by atoms with Crippen LogP contribution < -0.4 is 0 Å². The van der Waals surface area contributed by atoms with Crippen molar-refractivity contribution in [2.75, 3.05) is 13.2 Å². The summed E-state index contributed by atoms with van der Waals surface area (Å²) in [6.45, 7) is 5.61. The zero-order valence-corrected chi connectivity index (χ0v) is 16.5. The van der Waals surface area contributed by atoms with E-state index >= 15 is 0 Å². The monoisotopic (exact) mass is 386 g/mol. The lowest BCUT2D eigenvalue weighted by atomic mass is 9.43. The van der Waals surface area contributed by atoms with Gasteiger partial charge in [-0.3, -0.25) is 4.79 Å². The van der Waals surface area contributed by atoms with Gasteiger partial charge in [-0.2, -0.15) is 0 Å². The summed E-state index contributed by atoms with van der Waals surface area (Å²) in [6.07, 6.45) is -0.739. The Morgan fingerprint density at radius 2 is 1.85 bits per heavy atom. The van der Waals surface area contributed by atoms with Crippen molar-refractivity contribution in [1.29, 1.82) is 0 Å². The van der Waals surface area contributed by atoms with Crippen LogP contribution in [0.4, 0.5) is 0 Å². The smallest absolute Gasteiger partial charge is 0.311 e. The summed E-state index contributed by atoms with van der Waals surface area (Å²) in [5.74, 6) is -1.79. The molecule has 156 valence electrons. The van der Waals surface area contributed by atoms with Crippen LogP contribution >= 0.6 is 0 Å². The second kappa shape index (κ2) is 6.95. The minimum atomic E-state index is -1.76. The molecule has 8 atom stereocenters. The van der Waals surface area contributed by atoms with Crippen molar-refractivity contribution < 1.29 is 35.1 Å². The van der Waals surface area contributed by atoms with Gasteiger partial charge in [-0.1, -0.05) is 20.8 Å². The van der Waals surface area contributed by atoms with Crippen molar-refractivity contribution in [2.24, 2.45) is 28.6 Å². The summed E-state index contributed by atoms with van der Waals surface area (Å²) >= 11 is 0. The van der Waals surface area contributed by atoms with Crippen LogP contribution in [-0.4, -0.2) is 68.6 Å². The Hall–Kier alpha value is -0.730. The summed E-state index contributed by atoms with van der Waals surface area (Å²) in [7, 11) is 0. The number of fused-ring (bicyclic) bond motifs is 1. The van der Waals surface area contributed by atoms with Gasteiger partial charge in [-0.15, -0.1) is 0 Å². The van der Waals surface area contributed by atoms with Crippen LogP contribution in [0.3, 0.4) is 0 Å². The van der Waals surface area contributed by atoms with Crippen LogP contribution in [0.5, 0.6) is 0 Å². The second-order valence-electron chi connectivity index (χ2n) is 9.75. The zero-order valence-electron chi connectivity index (χ0n) is 16.5. The molecule has 5 N–H and O–H groups in total. The molecule has 0 radical (unpaired) electrons. The molecule has 0 unspecified atom stereocenters. The van der Waals surface area contributed by atoms with Gasteiger partial charge in [0.25, 0.3) is 0 Å². The van der Waals surface area contributed by atoms with E-state index in [0.717, 1.165) is 0 Å². The predicted octanol–water partition coefficient (Wildman–Crippen LogP) is 0.208. The van der Waals surface area contributed by atoms with Crippen LogP contribution in [0.2, 0.25) is 0 Å². The molecular formula is C20H34O7. The number of esters is 1. The van der Waals surface area contributed by atoms with E-state index in [-0.39, 0.29) is 25.4 Å². The quantitative estimate of drug-likeness (QED) is 0.437. The number of carbonyl (C=O) groups excluding carboxylic acids is 1. The summed E-state index contributed by atoms with van der Waals surface area (Å²) in [5, 5.41) is 53.2. The number of hydrogen-bond acceptors (Lipinski definition) is 7. The van der Waals surface area contributed by atoms with Gasteiger partial charge in [0, 0.05) is 5.92 Å². The van der Waals surface area contributed by atoms with Crippen LogP contribution in [0.25, 0.3) is 0 Å². The van der Waals surface area contributed by atoms with Crippen LogP contribution in [0.1, 0.15) is 52.9 Å². The van der Waals surface area contributed by atoms with Crippen molar-refractivity contribution in [3.05, 3.63) is 0 Å². The Morgan fingerprint density at radius 3 is 2.41 bits per heavy atom. The molecule has 7 nitrogen and oxygen atoms in total. The predicted molar refractivity (Wildman–Crippen MR) is 96.5 cm³/mol. The van der Waals surface area contributed by atoms with Crippen molar-refractivity contribution >= 4 is 5.97 Å². The van der Waals surface area contributed by atoms with Gasteiger partial charge in [0.05, 0.1) is 37.4 Å². The lowest BCUT2D eigenvalue weighted by molar-refractivity contribution is -0.257. The molecule has 0 aromatic carbocycles. The molecule has 0 amide bonds. The van der Waals surface area contributed by atoms with Gasteiger partial charge in [-0.25, -0.2) is 0 Å². The van der Waals surface area contributed by atoms with Gasteiger partial charge >= 0.3 is 5.97 Å². The first-order valence-corrected chi connectivity index (χ1v) is 10.0. The summed E-state index contributed by atoms with van der Waals surface area (Å²) in [4.78, 5) is 11.9. The fourth-order valence-corrected chi connectivity index (χ4v) is 6.25. The van der Waals surface area contributed by atoms with E-state index in [0.29, 0.717) is 19.3 Å². The molecule has 0 bridgehead atoms. The molecular weight excluding hydrogens is 352 g/mol. The van der Waals surface area contributed by atoms with Crippen molar-refractivity contribution in [3.63, 3.8) is 0 Å². The highest BCUT2D eigenvalue weighted by Crippen LogP contribution is 2.63. The van der Waals surface area contributed by atoms with E-state index in [4.69, 9.17) is 4.74 Å². The molecule has 3 rings (SSSR count). The molecule has 7 heteroatoms. The van der Waals surface area contributed by atoms with Crippen LogP contribution in [0, 0.1) is 28.6 Å². The SMILES string of the molecule is CC1(C)[C@H]2C[C@@H](O)[C@@](O)(CO)[C@H](C[C@H](O)[C@@H]3CCOC3=O)[C@@]2(C)CC[C@@H]1O. The Balaban J connectivity index is 1.96.